The van der Waals surface area contributed by atoms with Crippen LogP contribution in [0.1, 0.15) is 36.3 Å². The Labute approximate surface area is 169 Å². The molecule has 148 valence electrons. The van der Waals surface area contributed by atoms with E-state index in [2.05, 4.69) is 34.2 Å². The quantitative estimate of drug-likeness (QED) is 0.547. The summed E-state index contributed by atoms with van der Waals surface area (Å²) in [6.45, 7) is 6.88. The second-order valence-electron chi connectivity index (χ2n) is 7.30. The predicted octanol–water partition coefficient (Wildman–Crippen LogP) is 3.67. The van der Waals surface area contributed by atoms with Gasteiger partial charge in [0.25, 0.3) is 5.91 Å². The molecule has 7 nitrogen and oxygen atoms in total. The Morgan fingerprint density at radius 3 is 2.72 bits per heavy atom. The Morgan fingerprint density at radius 1 is 1.17 bits per heavy atom. The molecule has 7 heteroatoms. The Morgan fingerprint density at radius 2 is 1.97 bits per heavy atom. The SMILES string of the molecule is CCC(C)CNC(=O)c1nc(-c2ccnn2-c2ccc(C)cc2)n2ccncc12. The summed E-state index contributed by atoms with van der Waals surface area (Å²) in [4.78, 5) is 21.7. The molecule has 1 aromatic carbocycles. The summed E-state index contributed by atoms with van der Waals surface area (Å²) in [6, 6.07) is 10.0. The number of hydrogen-bond donors (Lipinski definition) is 1. The predicted molar refractivity (Wildman–Crippen MR) is 112 cm³/mol. The maximum absolute atomic E-state index is 12.8. The third-order valence-electron chi connectivity index (χ3n) is 5.12. The first-order chi connectivity index (χ1) is 14.1. The molecule has 0 aliphatic rings. The summed E-state index contributed by atoms with van der Waals surface area (Å²) in [5, 5.41) is 7.46. The fourth-order valence-corrected chi connectivity index (χ4v) is 3.15. The average Bonchev–Trinajstić information content (AvgIpc) is 3.37. The number of hydrogen-bond acceptors (Lipinski definition) is 4. The van der Waals surface area contributed by atoms with Crippen molar-refractivity contribution >= 4 is 11.4 Å². The van der Waals surface area contributed by atoms with Crippen molar-refractivity contribution in [1.29, 1.82) is 0 Å². The number of fused-ring (bicyclic) bond motifs is 1. The first-order valence-corrected chi connectivity index (χ1v) is 9.80. The lowest BCUT2D eigenvalue weighted by atomic mass is 10.1. The van der Waals surface area contributed by atoms with Crippen LogP contribution in [0, 0.1) is 12.8 Å². The summed E-state index contributed by atoms with van der Waals surface area (Å²) >= 11 is 0. The molecule has 0 bridgehead atoms. The fourth-order valence-electron chi connectivity index (χ4n) is 3.15. The van der Waals surface area contributed by atoms with Crippen LogP contribution in [0.15, 0.2) is 55.1 Å². The van der Waals surface area contributed by atoms with Gasteiger partial charge in [-0.25, -0.2) is 9.67 Å². The number of nitrogens with one attached hydrogen (secondary N) is 1. The summed E-state index contributed by atoms with van der Waals surface area (Å²) < 4.78 is 3.71. The standard InChI is InChI=1S/C22H24N6O/c1-4-15(2)13-24-22(29)20-19-14-23-11-12-27(19)21(26-20)18-9-10-25-28(18)17-7-5-16(3)6-8-17/h5-12,14-15H,4,13H2,1-3H3,(H,24,29). The number of carbonyl (C=O) groups is 1. The van der Waals surface area contributed by atoms with Crippen LogP contribution in [0.5, 0.6) is 0 Å². The van der Waals surface area contributed by atoms with Crippen molar-refractivity contribution in [2.45, 2.75) is 27.2 Å². The number of rotatable bonds is 6. The van der Waals surface area contributed by atoms with Crippen molar-refractivity contribution in [3.8, 4) is 17.2 Å². The van der Waals surface area contributed by atoms with Gasteiger partial charge in [-0.3, -0.25) is 14.2 Å². The van der Waals surface area contributed by atoms with Crippen LogP contribution in [0.4, 0.5) is 0 Å². The van der Waals surface area contributed by atoms with Crippen LogP contribution in [0.2, 0.25) is 0 Å². The molecule has 0 saturated carbocycles. The molecular weight excluding hydrogens is 364 g/mol. The molecule has 0 saturated heterocycles. The van der Waals surface area contributed by atoms with Crippen LogP contribution < -0.4 is 5.32 Å². The van der Waals surface area contributed by atoms with Crippen LogP contribution >= 0.6 is 0 Å². The van der Waals surface area contributed by atoms with Crippen LogP contribution in [0.3, 0.4) is 0 Å². The smallest absolute Gasteiger partial charge is 0.272 e. The molecule has 3 aromatic heterocycles. The largest absolute Gasteiger partial charge is 0.350 e. The van der Waals surface area contributed by atoms with Gasteiger partial charge in [-0.05, 0) is 31.0 Å². The number of benzene rings is 1. The molecule has 1 amide bonds. The second-order valence-corrected chi connectivity index (χ2v) is 7.30. The van der Waals surface area contributed by atoms with Gasteiger partial charge in [0.15, 0.2) is 11.5 Å². The Bertz CT molecular complexity index is 1140. The minimum atomic E-state index is -0.191. The number of nitrogens with zero attached hydrogens (tertiary/aromatic N) is 5. The van der Waals surface area contributed by atoms with Crippen molar-refractivity contribution in [2.75, 3.05) is 6.54 Å². The van der Waals surface area contributed by atoms with E-state index in [0.29, 0.717) is 29.5 Å². The van der Waals surface area contributed by atoms with E-state index < -0.39 is 0 Å². The van der Waals surface area contributed by atoms with Crippen LogP contribution in [-0.2, 0) is 0 Å². The zero-order chi connectivity index (χ0) is 20.4. The first kappa shape index (κ1) is 18.9. The minimum Gasteiger partial charge on any atom is -0.350 e. The zero-order valence-corrected chi connectivity index (χ0v) is 16.8. The molecule has 29 heavy (non-hydrogen) atoms. The molecular formula is C22H24N6O. The van der Waals surface area contributed by atoms with E-state index in [1.165, 1.54) is 5.56 Å². The van der Waals surface area contributed by atoms with Gasteiger partial charge in [0.05, 0.1) is 23.6 Å². The van der Waals surface area contributed by atoms with E-state index in [-0.39, 0.29) is 5.91 Å². The summed E-state index contributed by atoms with van der Waals surface area (Å²) in [6.07, 6.45) is 7.91. The molecule has 4 aromatic rings. The molecule has 0 radical (unpaired) electrons. The molecule has 1 N–H and O–H groups in total. The van der Waals surface area contributed by atoms with Crippen molar-refractivity contribution < 1.29 is 4.79 Å². The van der Waals surface area contributed by atoms with Crippen LogP contribution in [0.25, 0.3) is 22.7 Å². The first-order valence-electron chi connectivity index (χ1n) is 9.80. The van der Waals surface area contributed by atoms with Gasteiger partial charge in [-0.2, -0.15) is 5.10 Å². The Kier molecular flexibility index (Phi) is 5.12. The molecule has 0 aliphatic heterocycles. The average molecular weight is 388 g/mol. The lowest BCUT2D eigenvalue weighted by molar-refractivity contribution is 0.0945. The topological polar surface area (TPSA) is 77.1 Å². The maximum Gasteiger partial charge on any atom is 0.272 e. The van der Waals surface area contributed by atoms with E-state index in [4.69, 9.17) is 0 Å². The third-order valence-corrected chi connectivity index (χ3v) is 5.12. The minimum absolute atomic E-state index is 0.191. The lowest BCUT2D eigenvalue weighted by Crippen LogP contribution is -2.28. The van der Waals surface area contributed by atoms with E-state index in [1.54, 1.807) is 18.6 Å². The third kappa shape index (κ3) is 3.63. The normalized spacial score (nSPS) is 12.2. The molecule has 0 spiro atoms. The van der Waals surface area contributed by atoms with Gasteiger partial charge in [0, 0.05) is 18.9 Å². The summed E-state index contributed by atoms with van der Waals surface area (Å²) in [5.41, 5.74) is 3.95. The molecule has 4 rings (SSSR count). The molecule has 1 atom stereocenters. The van der Waals surface area contributed by atoms with Gasteiger partial charge in [0.2, 0.25) is 0 Å². The Hall–Kier alpha value is -3.48. The van der Waals surface area contributed by atoms with Gasteiger partial charge in [0.1, 0.15) is 5.69 Å². The summed E-state index contributed by atoms with van der Waals surface area (Å²) in [7, 11) is 0. The van der Waals surface area contributed by atoms with Crippen molar-refractivity contribution in [3.05, 3.63) is 66.4 Å². The summed E-state index contributed by atoms with van der Waals surface area (Å²) in [5.74, 6) is 0.867. The second kappa shape index (κ2) is 7.87. The van der Waals surface area contributed by atoms with E-state index >= 15 is 0 Å². The van der Waals surface area contributed by atoms with E-state index in [0.717, 1.165) is 17.8 Å². The number of imidazole rings is 1. The number of amides is 1. The zero-order valence-electron chi connectivity index (χ0n) is 16.8. The van der Waals surface area contributed by atoms with E-state index in [1.807, 2.05) is 52.5 Å². The van der Waals surface area contributed by atoms with Gasteiger partial charge >= 0.3 is 0 Å². The highest BCUT2D eigenvalue weighted by Gasteiger charge is 2.21. The van der Waals surface area contributed by atoms with Crippen LogP contribution in [-0.4, -0.2) is 36.6 Å². The molecule has 3 heterocycles. The fraction of sp³-hybridized carbons (Fsp3) is 0.273. The highest BCUT2D eigenvalue weighted by Crippen LogP contribution is 2.25. The van der Waals surface area contributed by atoms with Crippen molar-refractivity contribution in [3.63, 3.8) is 0 Å². The van der Waals surface area contributed by atoms with Gasteiger partial charge in [-0.1, -0.05) is 38.0 Å². The van der Waals surface area contributed by atoms with Gasteiger partial charge in [-0.15, -0.1) is 0 Å². The van der Waals surface area contributed by atoms with Crippen molar-refractivity contribution in [1.82, 2.24) is 29.5 Å². The number of aromatic nitrogens is 5. The molecule has 1 unspecified atom stereocenters. The number of carbonyl (C=O) groups excluding carboxylic acids is 1. The van der Waals surface area contributed by atoms with E-state index in [9.17, 15) is 4.79 Å². The Balaban J connectivity index is 1.78. The highest BCUT2D eigenvalue weighted by molar-refractivity contribution is 5.99. The number of aryl methyl sites for hydroxylation is 1. The lowest BCUT2D eigenvalue weighted by Gasteiger charge is -2.08. The molecule has 0 aliphatic carbocycles. The maximum atomic E-state index is 12.8. The van der Waals surface area contributed by atoms with Crippen molar-refractivity contribution in [2.24, 2.45) is 5.92 Å². The monoisotopic (exact) mass is 388 g/mol. The highest BCUT2D eigenvalue weighted by atomic mass is 16.1. The van der Waals surface area contributed by atoms with Gasteiger partial charge < -0.3 is 5.32 Å². The molecule has 0 fully saturated rings.